The molecule has 0 heterocycles. The Morgan fingerprint density at radius 2 is 1.46 bits per heavy atom. The van der Waals surface area contributed by atoms with Crippen LogP contribution in [0.15, 0.2) is 0 Å². The van der Waals surface area contributed by atoms with Crippen LogP contribution in [-0.4, -0.2) is 10.7 Å². The zero-order valence-electron chi connectivity index (χ0n) is 8.76. The van der Waals surface area contributed by atoms with Crippen LogP contribution in [0.4, 0.5) is 0 Å². The van der Waals surface area contributed by atoms with Crippen molar-refractivity contribution in [2.24, 2.45) is 11.8 Å². The first kappa shape index (κ1) is 9.51. The number of rotatable bonds is 4. The highest BCUT2D eigenvalue weighted by atomic mass is 16.3. The van der Waals surface area contributed by atoms with Gasteiger partial charge in [-0.05, 0) is 31.6 Å². The summed E-state index contributed by atoms with van der Waals surface area (Å²) in [7, 11) is 0. The SMILES string of the molecule is CC(O)(CC1CCCC1)CC1CC1. The average molecular weight is 182 g/mol. The molecule has 1 unspecified atom stereocenters. The fourth-order valence-electron chi connectivity index (χ4n) is 2.86. The largest absolute Gasteiger partial charge is 0.390 e. The topological polar surface area (TPSA) is 20.2 Å². The Morgan fingerprint density at radius 3 is 1.92 bits per heavy atom. The Morgan fingerprint density at radius 1 is 1.00 bits per heavy atom. The second-order valence-corrected chi connectivity index (χ2v) is 5.50. The fraction of sp³-hybridized carbons (Fsp3) is 1.00. The van der Waals surface area contributed by atoms with Gasteiger partial charge in [0.15, 0.2) is 0 Å². The summed E-state index contributed by atoms with van der Waals surface area (Å²) >= 11 is 0. The molecule has 13 heavy (non-hydrogen) atoms. The van der Waals surface area contributed by atoms with E-state index in [1.54, 1.807) is 0 Å². The van der Waals surface area contributed by atoms with Gasteiger partial charge in [-0.3, -0.25) is 0 Å². The Labute approximate surface area is 81.5 Å². The van der Waals surface area contributed by atoms with Gasteiger partial charge in [0.05, 0.1) is 5.60 Å². The van der Waals surface area contributed by atoms with Crippen molar-refractivity contribution in [3.63, 3.8) is 0 Å². The fourth-order valence-corrected chi connectivity index (χ4v) is 2.86. The quantitative estimate of drug-likeness (QED) is 0.708. The first-order chi connectivity index (χ1) is 6.16. The van der Waals surface area contributed by atoms with E-state index < -0.39 is 0 Å². The first-order valence-corrected chi connectivity index (χ1v) is 5.88. The average Bonchev–Trinajstić information content (AvgIpc) is 2.64. The van der Waals surface area contributed by atoms with Crippen LogP contribution in [0.25, 0.3) is 0 Å². The smallest absolute Gasteiger partial charge is 0.0625 e. The van der Waals surface area contributed by atoms with E-state index in [9.17, 15) is 5.11 Å². The van der Waals surface area contributed by atoms with E-state index in [-0.39, 0.29) is 5.60 Å². The van der Waals surface area contributed by atoms with E-state index in [1.807, 2.05) is 6.92 Å². The first-order valence-electron chi connectivity index (χ1n) is 5.88. The van der Waals surface area contributed by atoms with Gasteiger partial charge >= 0.3 is 0 Å². The normalized spacial score (nSPS) is 29.1. The van der Waals surface area contributed by atoms with Gasteiger partial charge < -0.3 is 5.11 Å². The molecule has 0 radical (unpaired) electrons. The maximum atomic E-state index is 10.2. The second kappa shape index (κ2) is 3.61. The Bertz CT molecular complexity index is 164. The summed E-state index contributed by atoms with van der Waals surface area (Å²) in [6, 6.07) is 0. The number of hydrogen-bond donors (Lipinski definition) is 1. The van der Waals surface area contributed by atoms with Crippen LogP contribution in [0.3, 0.4) is 0 Å². The van der Waals surface area contributed by atoms with E-state index in [1.165, 1.54) is 38.5 Å². The monoisotopic (exact) mass is 182 g/mol. The van der Waals surface area contributed by atoms with Gasteiger partial charge in [-0.2, -0.15) is 0 Å². The lowest BCUT2D eigenvalue weighted by Gasteiger charge is -2.26. The van der Waals surface area contributed by atoms with Crippen LogP contribution >= 0.6 is 0 Å². The van der Waals surface area contributed by atoms with E-state index in [4.69, 9.17) is 0 Å². The lowest BCUT2D eigenvalue weighted by Crippen LogP contribution is -2.27. The second-order valence-electron chi connectivity index (χ2n) is 5.50. The molecular weight excluding hydrogens is 160 g/mol. The minimum Gasteiger partial charge on any atom is -0.390 e. The summed E-state index contributed by atoms with van der Waals surface area (Å²) in [5.41, 5.74) is -0.351. The van der Waals surface area contributed by atoms with Gasteiger partial charge in [-0.1, -0.05) is 38.5 Å². The predicted molar refractivity (Wildman–Crippen MR) is 54.5 cm³/mol. The molecule has 0 aromatic heterocycles. The summed E-state index contributed by atoms with van der Waals surface area (Å²) < 4.78 is 0. The maximum Gasteiger partial charge on any atom is 0.0625 e. The molecule has 1 N–H and O–H groups in total. The highest BCUT2D eigenvalue weighted by Gasteiger charge is 2.33. The molecule has 0 bridgehead atoms. The lowest BCUT2D eigenvalue weighted by molar-refractivity contribution is 0.0209. The van der Waals surface area contributed by atoms with Crippen molar-refractivity contribution >= 4 is 0 Å². The third kappa shape index (κ3) is 2.98. The minimum absolute atomic E-state index is 0.351. The lowest BCUT2D eigenvalue weighted by atomic mass is 9.87. The van der Waals surface area contributed by atoms with Crippen molar-refractivity contribution in [2.75, 3.05) is 0 Å². The third-order valence-corrected chi connectivity index (χ3v) is 3.63. The standard InChI is InChI=1S/C12H22O/c1-12(13,9-11-6-7-11)8-10-4-2-3-5-10/h10-11,13H,2-9H2,1H3. The molecule has 0 spiro atoms. The molecule has 2 rings (SSSR count). The van der Waals surface area contributed by atoms with Crippen LogP contribution in [0, 0.1) is 11.8 Å². The highest BCUT2D eigenvalue weighted by molar-refractivity contribution is 4.86. The summed E-state index contributed by atoms with van der Waals surface area (Å²) in [4.78, 5) is 0. The summed E-state index contributed by atoms with van der Waals surface area (Å²) in [6.45, 7) is 2.05. The predicted octanol–water partition coefficient (Wildman–Crippen LogP) is 3.12. The summed E-state index contributed by atoms with van der Waals surface area (Å²) in [5, 5.41) is 10.2. The third-order valence-electron chi connectivity index (χ3n) is 3.63. The van der Waals surface area contributed by atoms with Gasteiger partial charge in [0.1, 0.15) is 0 Å². The molecule has 0 aliphatic heterocycles. The van der Waals surface area contributed by atoms with Crippen molar-refractivity contribution in [1.29, 1.82) is 0 Å². The molecule has 2 saturated carbocycles. The molecular formula is C12H22O. The molecule has 0 amide bonds. The molecule has 0 aromatic carbocycles. The van der Waals surface area contributed by atoms with E-state index in [0.717, 1.165) is 24.7 Å². The summed E-state index contributed by atoms with van der Waals surface area (Å²) in [6.07, 6.45) is 10.4. The summed E-state index contributed by atoms with van der Waals surface area (Å²) in [5.74, 6) is 1.69. The molecule has 2 aliphatic rings. The van der Waals surface area contributed by atoms with Crippen molar-refractivity contribution in [2.45, 2.75) is 63.9 Å². The number of hydrogen-bond acceptors (Lipinski definition) is 1. The van der Waals surface area contributed by atoms with Crippen LogP contribution in [0.5, 0.6) is 0 Å². The highest BCUT2D eigenvalue weighted by Crippen LogP contribution is 2.40. The molecule has 2 fully saturated rings. The van der Waals surface area contributed by atoms with E-state index in [2.05, 4.69) is 0 Å². The van der Waals surface area contributed by atoms with Crippen molar-refractivity contribution in [3.8, 4) is 0 Å². The van der Waals surface area contributed by atoms with Crippen molar-refractivity contribution in [3.05, 3.63) is 0 Å². The van der Waals surface area contributed by atoms with Gasteiger partial charge in [0.25, 0.3) is 0 Å². The molecule has 0 aromatic rings. The van der Waals surface area contributed by atoms with Crippen LogP contribution in [0.2, 0.25) is 0 Å². The Kier molecular flexibility index (Phi) is 2.64. The van der Waals surface area contributed by atoms with Gasteiger partial charge in [0, 0.05) is 0 Å². The Hall–Kier alpha value is -0.0400. The van der Waals surface area contributed by atoms with Crippen molar-refractivity contribution < 1.29 is 5.11 Å². The van der Waals surface area contributed by atoms with E-state index >= 15 is 0 Å². The van der Waals surface area contributed by atoms with Gasteiger partial charge in [-0.15, -0.1) is 0 Å². The molecule has 1 nitrogen and oxygen atoms in total. The molecule has 76 valence electrons. The Balaban J connectivity index is 1.75. The van der Waals surface area contributed by atoms with E-state index in [0.29, 0.717) is 0 Å². The molecule has 0 saturated heterocycles. The molecule has 2 aliphatic carbocycles. The zero-order valence-corrected chi connectivity index (χ0v) is 8.76. The van der Waals surface area contributed by atoms with Crippen molar-refractivity contribution in [1.82, 2.24) is 0 Å². The minimum atomic E-state index is -0.351. The van der Waals surface area contributed by atoms with Gasteiger partial charge in [-0.25, -0.2) is 0 Å². The van der Waals surface area contributed by atoms with Gasteiger partial charge in [0.2, 0.25) is 0 Å². The van der Waals surface area contributed by atoms with Crippen LogP contribution in [0.1, 0.15) is 58.3 Å². The number of aliphatic hydroxyl groups is 1. The molecule has 1 atom stereocenters. The zero-order chi connectivity index (χ0) is 9.31. The van der Waals surface area contributed by atoms with Crippen LogP contribution in [-0.2, 0) is 0 Å². The molecule has 1 heteroatoms. The van der Waals surface area contributed by atoms with Crippen LogP contribution < -0.4 is 0 Å². The maximum absolute atomic E-state index is 10.2.